The average molecular weight is 408 g/mol. The number of aryl methyl sites for hydroxylation is 1. The summed E-state index contributed by atoms with van der Waals surface area (Å²) in [4.78, 5) is 14.7. The normalized spacial score (nSPS) is 15.9. The van der Waals surface area contributed by atoms with Crippen molar-refractivity contribution < 1.29 is 4.79 Å². The van der Waals surface area contributed by atoms with Crippen LogP contribution in [0.1, 0.15) is 45.7 Å². The lowest BCUT2D eigenvalue weighted by atomic mass is 9.93. The zero-order valence-electron chi connectivity index (χ0n) is 16.7. The van der Waals surface area contributed by atoms with Crippen LogP contribution in [0.25, 0.3) is 0 Å². The molecule has 8 heteroatoms. The van der Waals surface area contributed by atoms with E-state index in [4.69, 9.17) is 0 Å². The molecule has 2 rings (SSSR count). The van der Waals surface area contributed by atoms with Gasteiger partial charge in [-0.25, -0.2) is 4.68 Å². The molecule has 0 radical (unpaired) electrons. The highest BCUT2D eigenvalue weighted by molar-refractivity contribution is 5.91. The Kier molecular flexibility index (Phi) is 10.8. The van der Waals surface area contributed by atoms with Crippen molar-refractivity contribution in [2.24, 2.45) is 5.92 Å². The molecule has 0 aromatic carbocycles. The monoisotopic (exact) mass is 407 g/mol. The molecule has 2 heterocycles. The Morgan fingerprint density at radius 1 is 1.27 bits per heavy atom. The van der Waals surface area contributed by atoms with Gasteiger partial charge in [0, 0.05) is 6.07 Å². The maximum Gasteiger partial charge on any atom is 0.239 e. The number of aromatic nitrogens is 2. The van der Waals surface area contributed by atoms with Crippen LogP contribution < -0.4 is 10.6 Å². The quantitative estimate of drug-likeness (QED) is 0.760. The van der Waals surface area contributed by atoms with Crippen molar-refractivity contribution in [1.29, 1.82) is 0 Å². The molecule has 1 aliphatic heterocycles. The van der Waals surface area contributed by atoms with E-state index in [1.165, 1.54) is 19.3 Å². The summed E-state index contributed by atoms with van der Waals surface area (Å²) >= 11 is 0. The molecule has 0 atom stereocenters. The molecular formula is C18H35Cl2N5O. The van der Waals surface area contributed by atoms with E-state index in [0.29, 0.717) is 6.54 Å². The molecule has 2 N–H and O–H groups in total. The fourth-order valence-electron chi connectivity index (χ4n) is 3.27. The van der Waals surface area contributed by atoms with Crippen LogP contribution in [0.5, 0.6) is 0 Å². The Hall–Kier alpha value is -0.820. The second-order valence-electron chi connectivity index (χ2n) is 7.91. The standard InChI is InChI=1S/C18H33N5O.2ClH/c1-14-12-16(23(21-14)18(2,3)4)20-17(24)13-22-10-7-15(8-11-22)6-9-19-5;;/h12,15,19H,6-11,13H2,1-5H3,(H,20,24);2*1H. The lowest BCUT2D eigenvalue weighted by Crippen LogP contribution is -2.40. The molecule has 1 fully saturated rings. The average Bonchev–Trinajstić information content (AvgIpc) is 2.87. The maximum atomic E-state index is 12.4. The minimum atomic E-state index is -0.150. The second kappa shape index (κ2) is 11.1. The van der Waals surface area contributed by atoms with Crippen LogP contribution in [0.2, 0.25) is 0 Å². The van der Waals surface area contributed by atoms with Gasteiger partial charge in [-0.15, -0.1) is 24.8 Å². The van der Waals surface area contributed by atoms with Crippen molar-refractivity contribution in [3.63, 3.8) is 0 Å². The Morgan fingerprint density at radius 3 is 2.42 bits per heavy atom. The molecule has 1 aromatic rings. The number of nitrogens with one attached hydrogen (secondary N) is 2. The number of nitrogens with zero attached hydrogens (tertiary/aromatic N) is 3. The van der Waals surface area contributed by atoms with Crippen LogP contribution in [0.15, 0.2) is 6.07 Å². The summed E-state index contributed by atoms with van der Waals surface area (Å²) in [5.41, 5.74) is 0.772. The van der Waals surface area contributed by atoms with E-state index in [0.717, 1.165) is 37.1 Å². The van der Waals surface area contributed by atoms with E-state index in [1.807, 2.05) is 24.7 Å². The summed E-state index contributed by atoms with van der Waals surface area (Å²) in [6.45, 7) is 11.8. The van der Waals surface area contributed by atoms with Crippen LogP contribution in [-0.4, -0.2) is 53.8 Å². The number of halogens is 2. The number of likely N-dealkylation sites (tertiary alicyclic amines) is 1. The minimum absolute atomic E-state index is 0. The molecule has 0 unspecified atom stereocenters. The smallest absolute Gasteiger partial charge is 0.239 e. The largest absolute Gasteiger partial charge is 0.320 e. The Morgan fingerprint density at radius 2 is 1.88 bits per heavy atom. The maximum absolute atomic E-state index is 12.4. The van der Waals surface area contributed by atoms with Crippen LogP contribution in [0.3, 0.4) is 0 Å². The third-order valence-corrected chi connectivity index (χ3v) is 4.61. The van der Waals surface area contributed by atoms with Crippen molar-refractivity contribution in [3.8, 4) is 0 Å². The number of hydrogen-bond acceptors (Lipinski definition) is 4. The first-order valence-corrected chi connectivity index (χ1v) is 9.03. The van der Waals surface area contributed by atoms with Gasteiger partial charge in [0.1, 0.15) is 5.82 Å². The molecule has 26 heavy (non-hydrogen) atoms. The van der Waals surface area contributed by atoms with E-state index < -0.39 is 0 Å². The van der Waals surface area contributed by atoms with Gasteiger partial charge in [-0.3, -0.25) is 9.69 Å². The predicted molar refractivity (Wildman–Crippen MR) is 113 cm³/mol. The fraction of sp³-hybridized carbons (Fsp3) is 0.778. The van der Waals surface area contributed by atoms with Gasteiger partial charge < -0.3 is 10.6 Å². The van der Waals surface area contributed by atoms with E-state index in [1.54, 1.807) is 0 Å². The number of amides is 1. The van der Waals surface area contributed by atoms with Gasteiger partial charge in [-0.1, -0.05) is 0 Å². The highest BCUT2D eigenvalue weighted by atomic mass is 35.5. The summed E-state index contributed by atoms with van der Waals surface area (Å²) in [5.74, 6) is 1.63. The zero-order valence-corrected chi connectivity index (χ0v) is 18.3. The number of carbonyl (C=O) groups is 1. The molecule has 0 saturated carbocycles. The molecule has 152 valence electrons. The van der Waals surface area contributed by atoms with Gasteiger partial charge in [0.05, 0.1) is 17.8 Å². The molecule has 1 aliphatic rings. The zero-order chi connectivity index (χ0) is 17.7. The van der Waals surface area contributed by atoms with Crippen LogP contribution >= 0.6 is 24.8 Å². The SMILES string of the molecule is CNCCC1CCN(CC(=O)Nc2cc(C)nn2C(C)(C)C)CC1.Cl.Cl. The van der Waals surface area contributed by atoms with Crippen molar-refractivity contribution >= 4 is 36.5 Å². The Balaban J connectivity index is 0.00000312. The lowest BCUT2D eigenvalue weighted by Gasteiger charge is -2.31. The first kappa shape index (κ1) is 25.2. The lowest BCUT2D eigenvalue weighted by molar-refractivity contribution is -0.117. The third-order valence-electron chi connectivity index (χ3n) is 4.61. The van der Waals surface area contributed by atoms with Crippen molar-refractivity contribution in [3.05, 3.63) is 11.8 Å². The summed E-state index contributed by atoms with van der Waals surface area (Å²) in [5, 5.41) is 10.8. The van der Waals surface area contributed by atoms with Crippen LogP contribution in [-0.2, 0) is 10.3 Å². The number of carbonyl (C=O) groups excluding carboxylic acids is 1. The highest BCUT2D eigenvalue weighted by Gasteiger charge is 2.23. The van der Waals surface area contributed by atoms with Crippen molar-refractivity contribution in [2.75, 3.05) is 38.5 Å². The van der Waals surface area contributed by atoms with E-state index >= 15 is 0 Å². The summed E-state index contributed by atoms with van der Waals surface area (Å²) in [6.07, 6.45) is 3.61. The molecule has 1 saturated heterocycles. The molecule has 0 spiro atoms. The van der Waals surface area contributed by atoms with Gasteiger partial charge in [0.2, 0.25) is 5.91 Å². The topological polar surface area (TPSA) is 62.2 Å². The van der Waals surface area contributed by atoms with Gasteiger partial charge >= 0.3 is 0 Å². The molecule has 0 aliphatic carbocycles. The van der Waals surface area contributed by atoms with Crippen LogP contribution in [0, 0.1) is 12.8 Å². The summed E-state index contributed by atoms with van der Waals surface area (Å²) in [7, 11) is 2.00. The first-order chi connectivity index (χ1) is 11.3. The van der Waals surface area contributed by atoms with E-state index in [9.17, 15) is 4.79 Å². The first-order valence-electron chi connectivity index (χ1n) is 9.03. The van der Waals surface area contributed by atoms with E-state index in [-0.39, 0.29) is 36.3 Å². The minimum Gasteiger partial charge on any atom is -0.320 e. The number of rotatable bonds is 6. The summed E-state index contributed by atoms with van der Waals surface area (Å²) < 4.78 is 1.89. The number of anilines is 1. The van der Waals surface area contributed by atoms with Gasteiger partial charge in [0.15, 0.2) is 0 Å². The molecule has 1 aromatic heterocycles. The van der Waals surface area contributed by atoms with Gasteiger partial charge in [-0.2, -0.15) is 5.10 Å². The molecule has 0 bridgehead atoms. The fourth-order valence-corrected chi connectivity index (χ4v) is 3.27. The predicted octanol–water partition coefficient (Wildman–Crippen LogP) is 3.05. The Bertz CT molecular complexity index is 548. The van der Waals surface area contributed by atoms with Crippen molar-refractivity contribution in [2.45, 2.75) is 52.5 Å². The summed E-state index contributed by atoms with van der Waals surface area (Å²) in [6, 6.07) is 1.94. The number of piperidine rings is 1. The van der Waals surface area contributed by atoms with Gasteiger partial charge in [-0.05, 0) is 79.6 Å². The molecule has 1 amide bonds. The highest BCUT2D eigenvalue weighted by Crippen LogP contribution is 2.22. The van der Waals surface area contributed by atoms with E-state index in [2.05, 4.69) is 41.4 Å². The van der Waals surface area contributed by atoms with Crippen LogP contribution in [0.4, 0.5) is 5.82 Å². The number of hydrogen-bond donors (Lipinski definition) is 2. The van der Waals surface area contributed by atoms with Gasteiger partial charge in [0.25, 0.3) is 0 Å². The third kappa shape index (κ3) is 7.43. The molecule has 6 nitrogen and oxygen atoms in total. The second-order valence-corrected chi connectivity index (χ2v) is 7.91. The van der Waals surface area contributed by atoms with Crippen molar-refractivity contribution in [1.82, 2.24) is 20.0 Å². The molecular weight excluding hydrogens is 373 g/mol. The Labute approximate surface area is 170 Å².